The zero-order chi connectivity index (χ0) is 13.1. The highest BCUT2D eigenvalue weighted by atomic mass is 15.3. The number of hydrogen-bond donors (Lipinski definition) is 3. The van der Waals surface area contributed by atoms with E-state index in [1.807, 2.05) is 6.92 Å². The van der Waals surface area contributed by atoms with Crippen LogP contribution in [0.25, 0.3) is 0 Å². The van der Waals surface area contributed by atoms with Crippen molar-refractivity contribution in [2.75, 3.05) is 10.7 Å². The molecule has 0 amide bonds. The van der Waals surface area contributed by atoms with E-state index in [4.69, 9.17) is 5.84 Å². The molecule has 0 spiro atoms. The summed E-state index contributed by atoms with van der Waals surface area (Å²) >= 11 is 0. The van der Waals surface area contributed by atoms with Gasteiger partial charge in [-0.2, -0.15) is 0 Å². The van der Waals surface area contributed by atoms with Crippen LogP contribution in [0, 0.1) is 18.8 Å². The van der Waals surface area contributed by atoms with Crippen molar-refractivity contribution in [2.24, 2.45) is 17.7 Å². The largest absolute Gasteiger partial charge is 0.367 e. The Balaban J connectivity index is 2.09. The highest BCUT2D eigenvalue weighted by Crippen LogP contribution is 2.31. The summed E-state index contributed by atoms with van der Waals surface area (Å²) in [6.07, 6.45) is 5.32. The zero-order valence-corrected chi connectivity index (χ0v) is 11.4. The second kappa shape index (κ2) is 5.52. The monoisotopic (exact) mass is 249 g/mol. The Labute approximate surface area is 109 Å². The van der Waals surface area contributed by atoms with Crippen LogP contribution in [0.3, 0.4) is 0 Å². The SMILES string of the molecule is Cc1c(NN)ncnc1NC1CCC(C)CC1C. The van der Waals surface area contributed by atoms with Crippen molar-refractivity contribution in [3.05, 3.63) is 11.9 Å². The first-order valence-corrected chi connectivity index (χ1v) is 6.66. The van der Waals surface area contributed by atoms with Crippen LogP contribution in [-0.2, 0) is 0 Å². The number of nitrogens with two attached hydrogens (primary N) is 1. The molecule has 0 bridgehead atoms. The van der Waals surface area contributed by atoms with Crippen LogP contribution in [0.4, 0.5) is 11.6 Å². The van der Waals surface area contributed by atoms with E-state index in [0.29, 0.717) is 17.8 Å². The lowest BCUT2D eigenvalue weighted by Crippen LogP contribution is -2.33. The van der Waals surface area contributed by atoms with Gasteiger partial charge >= 0.3 is 0 Å². The molecule has 1 aromatic heterocycles. The van der Waals surface area contributed by atoms with Crippen LogP contribution in [0.5, 0.6) is 0 Å². The molecule has 3 atom stereocenters. The number of nitrogens with one attached hydrogen (secondary N) is 2. The van der Waals surface area contributed by atoms with Gasteiger partial charge in [0.05, 0.1) is 0 Å². The Hall–Kier alpha value is -1.36. The number of hydrogen-bond acceptors (Lipinski definition) is 5. The summed E-state index contributed by atoms with van der Waals surface area (Å²) in [6.45, 7) is 6.62. The molecule has 5 nitrogen and oxygen atoms in total. The Morgan fingerprint density at radius 3 is 2.61 bits per heavy atom. The molecule has 1 aliphatic carbocycles. The van der Waals surface area contributed by atoms with Crippen LogP contribution in [0.2, 0.25) is 0 Å². The first kappa shape index (κ1) is 13.1. The molecule has 5 heteroatoms. The summed E-state index contributed by atoms with van der Waals surface area (Å²) in [6, 6.07) is 0.500. The molecular weight excluding hydrogens is 226 g/mol. The molecule has 0 saturated heterocycles. The van der Waals surface area contributed by atoms with Crippen molar-refractivity contribution < 1.29 is 0 Å². The first-order chi connectivity index (χ1) is 8.61. The average molecular weight is 249 g/mol. The summed E-state index contributed by atoms with van der Waals surface area (Å²) in [5.74, 6) is 8.52. The second-order valence-corrected chi connectivity index (χ2v) is 5.49. The molecule has 0 aliphatic heterocycles. The van der Waals surface area contributed by atoms with Crippen molar-refractivity contribution in [3.63, 3.8) is 0 Å². The van der Waals surface area contributed by atoms with Crippen LogP contribution in [0.1, 0.15) is 38.7 Å². The van der Waals surface area contributed by atoms with Gasteiger partial charge in [0.1, 0.15) is 18.0 Å². The number of nitrogens with zero attached hydrogens (tertiary/aromatic N) is 2. The van der Waals surface area contributed by atoms with Crippen molar-refractivity contribution in [2.45, 2.75) is 46.1 Å². The van der Waals surface area contributed by atoms with Gasteiger partial charge in [-0.05, 0) is 38.0 Å². The molecule has 3 unspecified atom stereocenters. The predicted molar refractivity (Wildman–Crippen MR) is 74.2 cm³/mol. The van der Waals surface area contributed by atoms with Crippen LogP contribution in [-0.4, -0.2) is 16.0 Å². The van der Waals surface area contributed by atoms with Gasteiger partial charge in [-0.1, -0.05) is 13.8 Å². The smallest absolute Gasteiger partial charge is 0.148 e. The van der Waals surface area contributed by atoms with Gasteiger partial charge in [-0.25, -0.2) is 15.8 Å². The summed E-state index contributed by atoms with van der Waals surface area (Å²) in [5, 5.41) is 3.55. The lowest BCUT2D eigenvalue weighted by Gasteiger charge is -2.33. The van der Waals surface area contributed by atoms with E-state index < -0.39 is 0 Å². The van der Waals surface area contributed by atoms with E-state index in [2.05, 4.69) is 34.6 Å². The normalized spacial score (nSPS) is 27.9. The minimum Gasteiger partial charge on any atom is -0.367 e. The standard InChI is InChI=1S/C13H23N5/c1-8-4-5-11(9(2)6-8)17-12-10(3)13(18-14)16-7-15-12/h7-9,11H,4-6,14H2,1-3H3,(H2,15,16,17,18). The van der Waals surface area contributed by atoms with Gasteiger partial charge in [0.2, 0.25) is 0 Å². The van der Waals surface area contributed by atoms with Gasteiger partial charge in [0, 0.05) is 11.6 Å². The number of rotatable bonds is 3. The lowest BCUT2D eigenvalue weighted by molar-refractivity contribution is 0.276. The van der Waals surface area contributed by atoms with Gasteiger partial charge < -0.3 is 10.7 Å². The van der Waals surface area contributed by atoms with Crippen molar-refractivity contribution in [1.29, 1.82) is 0 Å². The van der Waals surface area contributed by atoms with E-state index in [0.717, 1.165) is 17.3 Å². The fourth-order valence-electron chi connectivity index (χ4n) is 2.80. The van der Waals surface area contributed by atoms with Crippen LogP contribution >= 0.6 is 0 Å². The van der Waals surface area contributed by atoms with E-state index >= 15 is 0 Å². The molecule has 100 valence electrons. The molecule has 1 aliphatic rings. The van der Waals surface area contributed by atoms with Crippen LogP contribution in [0.15, 0.2) is 6.33 Å². The van der Waals surface area contributed by atoms with E-state index in [1.54, 1.807) is 6.33 Å². The molecule has 1 fully saturated rings. The third-order valence-electron chi connectivity index (χ3n) is 3.97. The molecule has 0 radical (unpaired) electrons. The molecule has 1 aromatic rings. The molecule has 18 heavy (non-hydrogen) atoms. The molecular formula is C13H23N5. The number of nitrogen functional groups attached to an aromatic ring is 1. The Kier molecular flexibility index (Phi) is 4.01. The molecule has 2 rings (SSSR count). The summed E-state index contributed by atoms with van der Waals surface area (Å²) in [7, 11) is 0. The highest BCUT2D eigenvalue weighted by Gasteiger charge is 2.25. The summed E-state index contributed by atoms with van der Waals surface area (Å²) in [4.78, 5) is 8.41. The quantitative estimate of drug-likeness (QED) is 0.566. The Morgan fingerprint density at radius 2 is 1.94 bits per heavy atom. The fraction of sp³-hybridized carbons (Fsp3) is 0.692. The maximum Gasteiger partial charge on any atom is 0.148 e. The Bertz CT molecular complexity index is 406. The molecule has 4 N–H and O–H groups in total. The third-order valence-corrected chi connectivity index (χ3v) is 3.97. The molecule has 1 saturated carbocycles. The van der Waals surface area contributed by atoms with Crippen LogP contribution < -0.4 is 16.6 Å². The van der Waals surface area contributed by atoms with Gasteiger partial charge in [0.15, 0.2) is 0 Å². The summed E-state index contributed by atoms with van der Waals surface area (Å²) in [5.41, 5.74) is 3.58. The fourth-order valence-corrected chi connectivity index (χ4v) is 2.80. The maximum absolute atomic E-state index is 5.43. The van der Waals surface area contributed by atoms with Gasteiger partial charge in [0.25, 0.3) is 0 Å². The zero-order valence-electron chi connectivity index (χ0n) is 11.4. The van der Waals surface area contributed by atoms with Crippen molar-refractivity contribution >= 4 is 11.6 Å². The van der Waals surface area contributed by atoms with E-state index in [-0.39, 0.29) is 0 Å². The van der Waals surface area contributed by atoms with Gasteiger partial charge in [-0.3, -0.25) is 0 Å². The second-order valence-electron chi connectivity index (χ2n) is 5.49. The maximum atomic E-state index is 5.43. The topological polar surface area (TPSA) is 75.9 Å². The van der Waals surface area contributed by atoms with E-state index in [9.17, 15) is 0 Å². The van der Waals surface area contributed by atoms with E-state index in [1.165, 1.54) is 19.3 Å². The molecule has 1 heterocycles. The average Bonchev–Trinajstić information content (AvgIpc) is 2.35. The Morgan fingerprint density at radius 1 is 1.22 bits per heavy atom. The number of anilines is 2. The first-order valence-electron chi connectivity index (χ1n) is 6.66. The van der Waals surface area contributed by atoms with Crippen molar-refractivity contribution in [1.82, 2.24) is 9.97 Å². The minimum atomic E-state index is 0.500. The number of aromatic nitrogens is 2. The highest BCUT2D eigenvalue weighted by molar-refractivity contribution is 5.56. The third kappa shape index (κ3) is 2.72. The van der Waals surface area contributed by atoms with Crippen molar-refractivity contribution in [3.8, 4) is 0 Å². The summed E-state index contributed by atoms with van der Waals surface area (Å²) < 4.78 is 0. The minimum absolute atomic E-state index is 0.500. The number of hydrazine groups is 1. The van der Waals surface area contributed by atoms with Gasteiger partial charge in [-0.15, -0.1) is 0 Å². The predicted octanol–water partition coefficient (Wildman–Crippen LogP) is 2.31. The molecule has 0 aromatic carbocycles. The lowest BCUT2D eigenvalue weighted by atomic mass is 9.80.